The summed E-state index contributed by atoms with van der Waals surface area (Å²) in [4.78, 5) is 0. The van der Waals surface area contributed by atoms with Crippen molar-refractivity contribution in [3.8, 4) is 5.75 Å². The third kappa shape index (κ3) is 4.30. The quantitative estimate of drug-likeness (QED) is 0.544. The monoisotopic (exact) mass is 404 g/mol. The number of aliphatic hydroxyl groups is 4. The Bertz CT molecular complexity index is 792. The van der Waals surface area contributed by atoms with E-state index in [2.05, 4.69) is 0 Å². The van der Waals surface area contributed by atoms with Crippen LogP contribution in [-0.4, -0.2) is 65.2 Å². The summed E-state index contributed by atoms with van der Waals surface area (Å²) in [6.07, 6.45) is -4.96. The van der Waals surface area contributed by atoms with Gasteiger partial charge in [-0.2, -0.15) is 0 Å². The van der Waals surface area contributed by atoms with Gasteiger partial charge >= 0.3 is 0 Å². The van der Waals surface area contributed by atoms with Crippen LogP contribution in [-0.2, 0) is 21.7 Å². The van der Waals surface area contributed by atoms with Gasteiger partial charge in [-0.1, -0.05) is 30.3 Å². The zero-order valence-electron chi connectivity index (χ0n) is 16.6. The largest absolute Gasteiger partial charge is 0.494 e. The molecule has 29 heavy (non-hydrogen) atoms. The molecule has 7 heteroatoms. The molecule has 5 atom stereocenters. The van der Waals surface area contributed by atoms with Crippen molar-refractivity contribution in [3.63, 3.8) is 0 Å². The number of hydrogen-bond acceptors (Lipinski definition) is 7. The molecule has 0 radical (unpaired) electrons. The first-order chi connectivity index (χ1) is 13.9. The first kappa shape index (κ1) is 21.7. The number of aliphatic hydroxyl groups excluding tert-OH is 4. The van der Waals surface area contributed by atoms with Gasteiger partial charge in [-0.25, -0.2) is 0 Å². The van der Waals surface area contributed by atoms with E-state index in [1.54, 1.807) is 12.1 Å². The average molecular weight is 404 g/mol. The topological polar surface area (TPSA) is 109 Å². The van der Waals surface area contributed by atoms with Crippen LogP contribution < -0.4 is 4.74 Å². The number of ether oxygens (including phenoxy) is 3. The summed E-state index contributed by atoms with van der Waals surface area (Å²) in [6, 6.07) is 15.1. The molecule has 4 N–H and O–H groups in total. The molecule has 2 aromatic carbocycles. The van der Waals surface area contributed by atoms with Gasteiger partial charge in [0.05, 0.1) is 13.2 Å². The number of benzene rings is 2. The molecule has 0 aromatic heterocycles. The molecule has 1 aliphatic heterocycles. The van der Waals surface area contributed by atoms with E-state index in [1.807, 2.05) is 43.3 Å². The Labute approximate surface area is 170 Å². The highest BCUT2D eigenvalue weighted by Gasteiger charge is 2.55. The second kappa shape index (κ2) is 9.21. The number of rotatable bonds is 7. The first-order valence-electron chi connectivity index (χ1n) is 9.64. The Morgan fingerprint density at radius 3 is 2.34 bits per heavy atom. The Morgan fingerprint density at radius 2 is 1.72 bits per heavy atom. The predicted molar refractivity (Wildman–Crippen MR) is 106 cm³/mol. The summed E-state index contributed by atoms with van der Waals surface area (Å²) in [5, 5.41) is 40.4. The van der Waals surface area contributed by atoms with Gasteiger partial charge in [-0.15, -0.1) is 0 Å². The third-order valence-electron chi connectivity index (χ3n) is 5.23. The van der Waals surface area contributed by atoms with Crippen molar-refractivity contribution >= 4 is 0 Å². The van der Waals surface area contributed by atoms with E-state index in [9.17, 15) is 20.4 Å². The summed E-state index contributed by atoms with van der Waals surface area (Å²) in [5.74, 6) is -0.898. The van der Waals surface area contributed by atoms with E-state index in [1.165, 1.54) is 7.11 Å². The molecule has 1 fully saturated rings. The third-order valence-corrected chi connectivity index (χ3v) is 5.23. The van der Waals surface area contributed by atoms with Gasteiger partial charge in [0.1, 0.15) is 30.2 Å². The van der Waals surface area contributed by atoms with Crippen LogP contribution in [0.5, 0.6) is 5.75 Å². The molecule has 7 nitrogen and oxygen atoms in total. The molecular formula is C22H28O7. The Kier molecular flexibility index (Phi) is 6.89. The van der Waals surface area contributed by atoms with Gasteiger partial charge in [0, 0.05) is 12.7 Å². The highest BCUT2D eigenvalue weighted by atomic mass is 16.7. The first-order valence-corrected chi connectivity index (χ1v) is 9.64. The minimum Gasteiger partial charge on any atom is -0.494 e. The van der Waals surface area contributed by atoms with E-state index < -0.39 is 36.8 Å². The lowest BCUT2D eigenvalue weighted by atomic mass is 9.87. The second-order valence-corrected chi connectivity index (χ2v) is 7.09. The van der Waals surface area contributed by atoms with E-state index in [0.717, 1.165) is 16.9 Å². The van der Waals surface area contributed by atoms with Crippen molar-refractivity contribution in [1.29, 1.82) is 0 Å². The Hall–Kier alpha value is -2.00. The summed E-state index contributed by atoms with van der Waals surface area (Å²) >= 11 is 0. The maximum absolute atomic E-state index is 10.6. The lowest BCUT2D eigenvalue weighted by Crippen LogP contribution is -2.64. The summed E-state index contributed by atoms with van der Waals surface area (Å²) in [7, 11) is 1.35. The minimum absolute atomic E-state index is 0.486. The van der Waals surface area contributed by atoms with Crippen LogP contribution in [0.2, 0.25) is 0 Å². The van der Waals surface area contributed by atoms with Crippen molar-refractivity contribution in [1.82, 2.24) is 0 Å². The van der Waals surface area contributed by atoms with E-state index in [4.69, 9.17) is 14.2 Å². The fourth-order valence-electron chi connectivity index (χ4n) is 3.67. The van der Waals surface area contributed by atoms with Crippen LogP contribution >= 0.6 is 0 Å². The number of methoxy groups -OCH3 is 1. The highest BCUT2D eigenvalue weighted by molar-refractivity contribution is 5.35. The van der Waals surface area contributed by atoms with Gasteiger partial charge < -0.3 is 34.6 Å². The zero-order chi connectivity index (χ0) is 21.0. The van der Waals surface area contributed by atoms with Crippen molar-refractivity contribution in [3.05, 3.63) is 65.2 Å². The lowest BCUT2D eigenvalue weighted by Gasteiger charge is -2.47. The Morgan fingerprint density at radius 1 is 1.00 bits per heavy atom. The molecule has 0 spiro atoms. The standard InChI is InChI=1S/C22H28O7/c1-3-28-17-9-7-14(8-10-17)11-15-5-4-6-16(12-15)22(27-2)21(26)20(25)19(24)18(13-23)29-22/h4-10,12,18-21,23-26H,3,11,13H2,1-2H3/t18-,19-,20+,21-,22+/m1/s1. The predicted octanol–water partition coefficient (Wildman–Crippen LogP) is 0.949. The zero-order valence-corrected chi connectivity index (χ0v) is 16.6. The molecule has 0 unspecified atom stereocenters. The smallest absolute Gasteiger partial charge is 0.224 e. The molecule has 3 rings (SSSR count). The van der Waals surface area contributed by atoms with E-state index >= 15 is 0 Å². The fourth-order valence-corrected chi connectivity index (χ4v) is 3.67. The van der Waals surface area contributed by atoms with Crippen LogP contribution in [0.25, 0.3) is 0 Å². The summed E-state index contributed by atoms with van der Waals surface area (Å²) < 4.78 is 16.7. The number of hydrogen-bond donors (Lipinski definition) is 4. The molecule has 0 saturated carbocycles. The summed E-state index contributed by atoms with van der Waals surface area (Å²) in [5.41, 5.74) is 2.51. The lowest BCUT2D eigenvalue weighted by molar-refractivity contribution is -0.366. The maximum atomic E-state index is 10.6. The van der Waals surface area contributed by atoms with Crippen molar-refractivity contribution in [2.45, 2.75) is 43.5 Å². The van der Waals surface area contributed by atoms with E-state index in [-0.39, 0.29) is 0 Å². The van der Waals surface area contributed by atoms with Gasteiger partial charge in [0.2, 0.25) is 5.79 Å². The molecule has 0 bridgehead atoms. The van der Waals surface area contributed by atoms with Crippen molar-refractivity contribution < 1.29 is 34.6 Å². The van der Waals surface area contributed by atoms with Crippen LogP contribution in [0.1, 0.15) is 23.6 Å². The van der Waals surface area contributed by atoms with Crippen molar-refractivity contribution in [2.24, 2.45) is 0 Å². The maximum Gasteiger partial charge on any atom is 0.224 e. The SMILES string of the molecule is CCOc1ccc(Cc2cccc([C@]3(OC)O[C@H](CO)[C@@H](O)[C@H](O)[C@H]3O)c2)cc1. The molecule has 0 aliphatic carbocycles. The van der Waals surface area contributed by atoms with Gasteiger partial charge in [0.15, 0.2) is 0 Å². The molecule has 1 saturated heterocycles. The molecule has 1 aliphatic rings. The van der Waals surface area contributed by atoms with Crippen molar-refractivity contribution in [2.75, 3.05) is 20.3 Å². The molecule has 158 valence electrons. The normalized spacial score (nSPS) is 29.6. The van der Waals surface area contributed by atoms with E-state index in [0.29, 0.717) is 18.6 Å². The van der Waals surface area contributed by atoms with Crippen LogP contribution in [0.15, 0.2) is 48.5 Å². The van der Waals surface area contributed by atoms with Gasteiger partial charge in [-0.05, 0) is 42.7 Å². The molecule has 2 aromatic rings. The van der Waals surface area contributed by atoms with Gasteiger partial charge in [-0.3, -0.25) is 0 Å². The van der Waals surface area contributed by atoms with Crippen LogP contribution in [0.3, 0.4) is 0 Å². The molecule has 0 amide bonds. The molecule has 1 heterocycles. The summed E-state index contributed by atoms with van der Waals surface area (Å²) in [6.45, 7) is 2.02. The average Bonchev–Trinajstić information content (AvgIpc) is 2.74. The van der Waals surface area contributed by atoms with Crippen LogP contribution in [0, 0.1) is 0 Å². The minimum atomic E-state index is -1.71. The van der Waals surface area contributed by atoms with Crippen LogP contribution in [0.4, 0.5) is 0 Å². The highest BCUT2D eigenvalue weighted by Crippen LogP contribution is 2.39. The fraction of sp³-hybridized carbons (Fsp3) is 0.455. The molecular weight excluding hydrogens is 376 g/mol. The second-order valence-electron chi connectivity index (χ2n) is 7.09. The van der Waals surface area contributed by atoms with Gasteiger partial charge in [0.25, 0.3) is 0 Å². The Balaban J connectivity index is 1.88.